The highest BCUT2D eigenvalue weighted by atomic mass is 32.2. The Morgan fingerprint density at radius 3 is 1.11 bits per heavy atom. The lowest BCUT2D eigenvalue weighted by Gasteiger charge is -2.26. The summed E-state index contributed by atoms with van der Waals surface area (Å²) in [5, 5.41) is 6.87. The first kappa shape index (κ1) is 57.9. The molecule has 5 nitrogen and oxygen atoms in total. The van der Waals surface area contributed by atoms with Crippen LogP contribution in [0.1, 0.15) is 271 Å². The van der Waals surface area contributed by atoms with Crippen molar-refractivity contribution in [1.82, 2.24) is 5.09 Å². The summed E-state index contributed by atoms with van der Waals surface area (Å²) in [6.07, 6.45) is 55.1. The first-order chi connectivity index (χ1) is 29.7. The number of thioether (sulfide) groups is 2. The van der Waals surface area contributed by atoms with Crippen LogP contribution in [0.3, 0.4) is 0 Å². The van der Waals surface area contributed by atoms with Crippen LogP contribution in [0.25, 0.3) is 0 Å². The molecule has 0 saturated heterocycles. The molecule has 0 aromatic carbocycles. The van der Waals surface area contributed by atoms with Gasteiger partial charge in [-0.2, -0.15) is 23.5 Å². The van der Waals surface area contributed by atoms with E-state index in [9.17, 15) is 4.57 Å². The Morgan fingerprint density at radius 1 is 0.475 bits per heavy atom. The van der Waals surface area contributed by atoms with Crippen LogP contribution in [0.5, 0.6) is 0 Å². The number of unbranched alkanes of at least 4 members (excludes halogenated alkanes) is 22. The van der Waals surface area contributed by atoms with Crippen molar-refractivity contribution in [1.29, 1.82) is 0 Å². The van der Waals surface area contributed by atoms with Gasteiger partial charge in [0.25, 0.3) is 0 Å². The molecule has 8 heteroatoms. The van der Waals surface area contributed by atoms with E-state index in [2.05, 4.69) is 63.6 Å². The Labute approximate surface area is 391 Å². The molecule has 61 heavy (non-hydrogen) atoms. The third-order valence-corrected chi connectivity index (χ3v) is 18.7. The predicted octanol–water partition coefficient (Wildman–Crippen LogP) is 18.0. The Kier molecular flexibility index (Phi) is 37.9. The van der Waals surface area contributed by atoms with Gasteiger partial charge in [0.2, 0.25) is 0 Å². The zero-order chi connectivity index (χ0) is 44.0. The van der Waals surface area contributed by atoms with Crippen LogP contribution in [0, 0.1) is 0 Å². The summed E-state index contributed by atoms with van der Waals surface area (Å²) in [7, 11) is 3.23. The van der Waals surface area contributed by atoms with E-state index in [1.807, 2.05) is 0 Å². The Hall–Kier alpha value is 0.770. The maximum Gasteiger partial charge on any atom is 0.405 e. The van der Waals surface area contributed by atoms with Crippen LogP contribution in [0.15, 0.2) is 0 Å². The van der Waals surface area contributed by atoms with Gasteiger partial charge in [-0.1, -0.05) is 206 Å². The number of rotatable bonds is 44. The van der Waals surface area contributed by atoms with E-state index in [-0.39, 0.29) is 0 Å². The van der Waals surface area contributed by atoms with Gasteiger partial charge < -0.3 is 4.48 Å². The van der Waals surface area contributed by atoms with Gasteiger partial charge in [0.15, 0.2) is 0 Å². The van der Waals surface area contributed by atoms with Crippen LogP contribution in [-0.2, 0) is 13.6 Å². The standard InChI is InChI=1S/C53H108N2O3PS2/c1-6-8-10-12-15-21-29-39-51(61-53-44-34-27-35-45-53)41-31-23-17-19-25-37-49-58-59(56,54-46-47-55(3,4)5)57-48-36-24-18-14-16-22-30-40-50(38-28-20-13-11-9-7-2)60-52-42-32-26-33-43-52/h50-53H,6-49H2,1-5H3,(H,54,56)/q+1. The van der Waals surface area contributed by atoms with E-state index in [4.69, 9.17) is 9.05 Å². The van der Waals surface area contributed by atoms with Crippen molar-refractivity contribution in [2.24, 2.45) is 0 Å². The largest absolute Gasteiger partial charge is 0.405 e. The molecule has 2 fully saturated rings. The molecule has 0 radical (unpaired) electrons. The van der Waals surface area contributed by atoms with Gasteiger partial charge in [0.1, 0.15) is 0 Å². The van der Waals surface area contributed by atoms with Gasteiger partial charge in [-0.15, -0.1) is 0 Å². The molecule has 1 N–H and O–H groups in total. The highest BCUT2D eigenvalue weighted by Crippen LogP contribution is 2.44. The molecule has 0 aliphatic heterocycles. The molecular formula is C53H108N2O3PS2+. The Balaban J connectivity index is 1.59. The lowest BCUT2D eigenvalue weighted by molar-refractivity contribution is -0.869. The first-order valence-corrected chi connectivity index (χ1v) is 30.9. The lowest BCUT2D eigenvalue weighted by Crippen LogP contribution is -2.40. The van der Waals surface area contributed by atoms with Crippen molar-refractivity contribution in [2.45, 2.75) is 292 Å². The summed E-state index contributed by atoms with van der Waals surface area (Å²) < 4.78 is 26.7. The molecule has 0 bridgehead atoms. The molecule has 2 aliphatic carbocycles. The van der Waals surface area contributed by atoms with Crippen LogP contribution < -0.4 is 5.09 Å². The molecule has 2 aliphatic rings. The molecule has 2 saturated carbocycles. The number of hydrogen-bond donors (Lipinski definition) is 1. The minimum atomic E-state index is -3.29. The molecule has 0 spiro atoms. The van der Waals surface area contributed by atoms with E-state index in [0.717, 1.165) is 57.7 Å². The predicted molar refractivity (Wildman–Crippen MR) is 277 cm³/mol. The zero-order valence-corrected chi connectivity index (χ0v) is 44.4. The average Bonchev–Trinajstić information content (AvgIpc) is 3.24. The fourth-order valence-electron chi connectivity index (χ4n) is 9.55. The van der Waals surface area contributed by atoms with E-state index < -0.39 is 7.75 Å². The van der Waals surface area contributed by atoms with Crippen molar-refractivity contribution in [3.63, 3.8) is 0 Å². The first-order valence-electron chi connectivity index (χ1n) is 27.5. The van der Waals surface area contributed by atoms with Crippen molar-refractivity contribution in [3.8, 4) is 0 Å². The highest BCUT2D eigenvalue weighted by Gasteiger charge is 2.25. The third-order valence-electron chi connectivity index (χ3n) is 13.6. The summed E-state index contributed by atoms with van der Waals surface area (Å²) in [6.45, 7) is 7.20. The van der Waals surface area contributed by atoms with Crippen LogP contribution in [0.2, 0.25) is 0 Å². The fourth-order valence-corrected chi connectivity index (χ4v) is 14.4. The number of nitrogens with one attached hydrogen (secondary N) is 1. The molecular weight excluding hydrogens is 808 g/mol. The normalized spacial score (nSPS) is 17.8. The summed E-state index contributed by atoms with van der Waals surface area (Å²) in [5.41, 5.74) is 0. The van der Waals surface area contributed by atoms with Gasteiger partial charge in [0.05, 0.1) is 47.4 Å². The number of quaternary nitrogens is 1. The fraction of sp³-hybridized carbons (Fsp3) is 1.00. The van der Waals surface area contributed by atoms with Crippen molar-refractivity contribution < 1.29 is 18.1 Å². The number of nitrogens with zero attached hydrogens (tertiary/aromatic N) is 1. The lowest BCUT2D eigenvalue weighted by atomic mass is 10.0. The SMILES string of the molecule is CCCCCCCCCC(CCCCCCCCOP(=O)(NCC[N+](C)(C)C)OCCCCCCCCCC(CCCCCCCC)SC1CCCCC1)SC1CCCCC1. The van der Waals surface area contributed by atoms with Gasteiger partial charge in [-0.3, -0.25) is 9.05 Å². The van der Waals surface area contributed by atoms with E-state index in [1.165, 1.54) is 231 Å². The third kappa shape index (κ3) is 35.6. The maximum absolute atomic E-state index is 13.8. The number of hydrogen-bond acceptors (Lipinski definition) is 5. The van der Waals surface area contributed by atoms with Gasteiger partial charge >= 0.3 is 7.75 Å². The quantitative estimate of drug-likeness (QED) is 0.0373. The number of likely N-dealkylation sites (N-methyl/N-ethyl adjacent to an activating group) is 1. The average molecular weight is 917 g/mol. The molecule has 3 atom stereocenters. The monoisotopic (exact) mass is 916 g/mol. The minimum absolute atomic E-state index is 0.520. The molecule has 2 rings (SSSR count). The summed E-state index contributed by atoms with van der Waals surface area (Å²) in [5.74, 6) is 0. The van der Waals surface area contributed by atoms with Crippen molar-refractivity contribution in [3.05, 3.63) is 0 Å². The summed E-state index contributed by atoms with van der Waals surface area (Å²) >= 11 is 4.76. The Bertz CT molecular complexity index is 987. The highest BCUT2D eigenvalue weighted by molar-refractivity contribution is 8.00. The summed E-state index contributed by atoms with van der Waals surface area (Å²) in [4.78, 5) is 0. The Morgan fingerprint density at radius 2 is 0.787 bits per heavy atom. The van der Waals surface area contributed by atoms with E-state index in [1.54, 1.807) is 0 Å². The smallest absolute Gasteiger partial charge is 0.330 e. The van der Waals surface area contributed by atoms with Crippen molar-refractivity contribution in [2.75, 3.05) is 47.4 Å². The second-order valence-electron chi connectivity index (χ2n) is 20.8. The second-order valence-corrected chi connectivity index (χ2v) is 25.8. The van der Waals surface area contributed by atoms with E-state index >= 15 is 0 Å². The molecule has 0 aromatic rings. The minimum Gasteiger partial charge on any atom is -0.330 e. The van der Waals surface area contributed by atoms with Gasteiger partial charge in [-0.25, -0.2) is 9.65 Å². The molecule has 0 heterocycles. The molecule has 364 valence electrons. The topological polar surface area (TPSA) is 47.6 Å². The zero-order valence-electron chi connectivity index (χ0n) is 41.9. The van der Waals surface area contributed by atoms with Gasteiger partial charge in [-0.05, 0) is 64.2 Å². The van der Waals surface area contributed by atoms with Crippen LogP contribution in [0.4, 0.5) is 0 Å². The summed E-state index contributed by atoms with van der Waals surface area (Å²) in [6, 6.07) is 0. The van der Waals surface area contributed by atoms with E-state index in [0.29, 0.717) is 19.8 Å². The van der Waals surface area contributed by atoms with Crippen LogP contribution >= 0.6 is 31.3 Å². The molecule has 0 amide bonds. The van der Waals surface area contributed by atoms with Gasteiger partial charge in [0, 0.05) is 21.0 Å². The van der Waals surface area contributed by atoms with Crippen molar-refractivity contribution >= 4 is 31.3 Å². The van der Waals surface area contributed by atoms with Crippen LogP contribution in [-0.4, -0.2) is 72.9 Å². The second kappa shape index (κ2) is 39.9. The molecule has 0 aromatic heterocycles. The molecule has 3 unspecified atom stereocenters. The maximum atomic E-state index is 13.8.